The van der Waals surface area contributed by atoms with E-state index >= 15 is 0 Å². The number of hydrogen-bond donors (Lipinski definition) is 0. The van der Waals surface area contributed by atoms with Crippen LogP contribution in [-0.4, -0.2) is 27.2 Å². The summed E-state index contributed by atoms with van der Waals surface area (Å²) in [5.41, 5.74) is 1.56. The van der Waals surface area contributed by atoms with Crippen molar-refractivity contribution in [3.63, 3.8) is 0 Å². The molecule has 0 spiro atoms. The molecular formula is C24H18ClFN4O2S2. The van der Waals surface area contributed by atoms with E-state index in [0.717, 1.165) is 5.39 Å². The maximum atomic E-state index is 14.2. The lowest BCUT2D eigenvalue weighted by atomic mass is 10.1. The van der Waals surface area contributed by atoms with Crippen molar-refractivity contribution < 1.29 is 12.8 Å². The average Bonchev–Trinajstić information content (AvgIpc) is 3.40. The predicted molar refractivity (Wildman–Crippen MR) is 132 cm³/mol. The van der Waals surface area contributed by atoms with Crippen LogP contribution in [0.2, 0.25) is 5.02 Å². The van der Waals surface area contributed by atoms with Gasteiger partial charge >= 0.3 is 0 Å². The molecule has 0 unspecified atom stereocenters. The van der Waals surface area contributed by atoms with Gasteiger partial charge in [0, 0.05) is 40.5 Å². The number of benzene rings is 3. The highest BCUT2D eigenvalue weighted by Crippen LogP contribution is 2.34. The van der Waals surface area contributed by atoms with Gasteiger partial charge in [-0.1, -0.05) is 65.8 Å². The Kier molecular flexibility index (Phi) is 5.93. The van der Waals surface area contributed by atoms with E-state index in [0.29, 0.717) is 32.6 Å². The third-order valence-corrected chi connectivity index (χ3v) is 8.55. The molecule has 0 saturated carbocycles. The van der Waals surface area contributed by atoms with Gasteiger partial charge in [0.1, 0.15) is 5.82 Å². The molecule has 0 aliphatic rings. The van der Waals surface area contributed by atoms with Crippen LogP contribution in [0.3, 0.4) is 0 Å². The van der Waals surface area contributed by atoms with Crippen LogP contribution in [0.25, 0.3) is 22.3 Å². The molecule has 0 saturated heterocycles. The van der Waals surface area contributed by atoms with Gasteiger partial charge in [-0.3, -0.25) is 0 Å². The maximum Gasteiger partial charge on any atom is 0.268 e. The molecule has 34 heavy (non-hydrogen) atoms. The fraction of sp³-hybridized carbons (Fsp3) is 0.0833. The van der Waals surface area contributed by atoms with Gasteiger partial charge < -0.3 is 4.57 Å². The van der Waals surface area contributed by atoms with Gasteiger partial charge in [0.25, 0.3) is 10.0 Å². The molecule has 5 aromatic rings. The zero-order valence-electron chi connectivity index (χ0n) is 17.9. The molecule has 0 N–H and O–H groups in total. The second-order valence-corrected chi connectivity index (χ2v) is 10.7. The molecule has 0 aliphatic carbocycles. The lowest BCUT2D eigenvalue weighted by Crippen LogP contribution is -2.11. The predicted octanol–water partition coefficient (Wildman–Crippen LogP) is 5.76. The maximum absolute atomic E-state index is 14.2. The second-order valence-electron chi connectivity index (χ2n) is 7.53. The Bertz CT molecular complexity index is 1590. The molecule has 172 valence electrons. The number of hydrogen-bond acceptors (Lipinski definition) is 5. The lowest BCUT2D eigenvalue weighted by molar-refractivity contribution is 0.589. The molecule has 2 aromatic heterocycles. The number of fused-ring (bicyclic) bond motifs is 1. The topological polar surface area (TPSA) is 69.8 Å². The van der Waals surface area contributed by atoms with Crippen molar-refractivity contribution in [1.29, 1.82) is 0 Å². The average molecular weight is 513 g/mol. The normalized spacial score (nSPS) is 11.9. The Balaban J connectivity index is 1.56. The number of rotatable bonds is 6. The molecule has 2 heterocycles. The first kappa shape index (κ1) is 22.6. The van der Waals surface area contributed by atoms with E-state index in [2.05, 4.69) is 10.2 Å². The minimum absolute atomic E-state index is 0.193. The van der Waals surface area contributed by atoms with Crippen molar-refractivity contribution in [3.8, 4) is 11.4 Å². The molecule has 0 fully saturated rings. The summed E-state index contributed by atoms with van der Waals surface area (Å²) < 4.78 is 43.9. The van der Waals surface area contributed by atoms with Crippen molar-refractivity contribution in [2.75, 3.05) is 0 Å². The van der Waals surface area contributed by atoms with E-state index < -0.39 is 10.0 Å². The van der Waals surface area contributed by atoms with Gasteiger partial charge in [0.2, 0.25) is 0 Å². The van der Waals surface area contributed by atoms with Crippen LogP contribution in [0.1, 0.15) is 5.56 Å². The van der Waals surface area contributed by atoms with E-state index in [1.807, 2.05) is 12.1 Å². The highest BCUT2D eigenvalue weighted by Gasteiger charge is 2.24. The van der Waals surface area contributed by atoms with Crippen LogP contribution in [0.5, 0.6) is 0 Å². The summed E-state index contributed by atoms with van der Waals surface area (Å²) in [5.74, 6) is 0.402. The molecule has 0 atom stereocenters. The third-order valence-electron chi connectivity index (χ3n) is 5.46. The first-order valence-corrected chi connectivity index (χ1v) is 13.0. The monoisotopic (exact) mass is 512 g/mol. The zero-order valence-corrected chi connectivity index (χ0v) is 20.3. The van der Waals surface area contributed by atoms with Crippen LogP contribution in [0, 0.1) is 5.82 Å². The van der Waals surface area contributed by atoms with Crippen molar-refractivity contribution in [3.05, 3.63) is 95.4 Å². The highest BCUT2D eigenvalue weighted by molar-refractivity contribution is 7.98. The van der Waals surface area contributed by atoms with Gasteiger partial charge in [-0.25, -0.2) is 16.8 Å². The van der Waals surface area contributed by atoms with Crippen LogP contribution >= 0.6 is 23.4 Å². The Morgan fingerprint density at radius 2 is 1.71 bits per heavy atom. The van der Waals surface area contributed by atoms with Gasteiger partial charge in [-0.15, -0.1) is 10.2 Å². The fourth-order valence-electron chi connectivity index (χ4n) is 3.72. The lowest BCUT2D eigenvalue weighted by Gasteiger charge is -2.07. The standard InChI is InChI=1S/C24H18ClFN4O2S2/c1-29-23(27-28-24(29)33-15-19-20(25)11-7-12-21(19)26)18-14-30(22-13-6-5-10-17(18)22)34(31,32)16-8-3-2-4-9-16/h2-14H,15H2,1H3. The third kappa shape index (κ3) is 3.89. The molecule has 0 aliphatic heterocycles. The first-order valence-electron chi connectivity index (χ1n) is 10.2. The van der Waals surface area contributed by atoms with E-state index in [9.17, 15) is 12.8 Å². The van der Waals surface area contributed by atoms with E-state index in [4.69, 9.17) is 11.6 Å². The Labute approximate surface area is 205 Å². The van der Waals surface area contributed by atoms with Crippen molar-refractivity contribution in [2.24, 2.45) is 7.05 Å². The van der Waals surface area contributed by atoms with Crippen LogP contribution in [-0.2, 0) is 22.8 Å². The smallest absolute Gasteiger partial charge is 0.268 e. The molecule has 10 heteroatoms. The Morgan fingerprint density at radius 3 is 2.47 bits per heavy atom. The quantitative estimate of drug-likeness (QED) is 0.271. The highest BCUT2D eigenvalue weighted by atomic mass is 35.5. The van der Waals surface area contributed by atoms with Gasteiger partial charge in [-0.05, 0) is 30.3 Å². The number of nitrogens with zero attached hydrogens (tertiary/aromatic N) is 4. The summed E-state index contributed by atoms with van der Waals surface area (Å²) >= 11 is 7.44. The van der Waals surface area contributed by atoms with E-state index in [1.165, 1.54) is 21.8 Å². The van der Waals surface area contributed by atoms with Crippen LogP contribution < -0.4 is 0 Å². The molecule has 5 rings (SSSR count). The largest absolute Gasteiger partial charge is 0.305 e. The summed E-state index contributed by atoms with van der Waals surface area (Å²) in [5, 5.41) is 10.2. The minimum atomic E-state index is -3.82. The van der Waals surface area contributed by atoms with Crippen molar-refractivity contribution in [2.45, 2.75) is 15.8 Å². The van der Waals surface area contributed by atoms with Gasteiger partial charge in [-0.2, -0.15) is 0 Å². The number of halogens is 2. The van der Waals surface area contributed by atoms with Crippen molar-refractivity contribution >= 4 is 44.3 Å². The summed E-state index contributed by atoms with van der Waals surface area (Å²) in [7, 11) is -2.03. The minimum Gasteiger partial charge on any atom is -0.305 e. The van der Waals surface area contributed by atoms with E-state index in [-0.39, 0.29) is 16.5 Å². The number of thioether (sulfide) groups is 1. The fourth-order valence-corrected chi connectivity index (χ4v) is 6.36. The summed E-state index contributed by atoms with van der Waals surface area (Å²) in [6, 6.07) is 20.1. The molecule has 0 radical (unpaired) electrons. The SMILES string of the molecule is Cn1c(SCc2c(F)cccc2Cl)nnc1-c1cn(S(=O)(=O)c2ccccc2)c2ccccc12. The van der Waals surface area contributed by atoms with Gasteiger partial charge in [0.15, 0.2) is 11.0 Å². The Hall–Kier alpha value is -3.14. The second kappa shape index (κ2) is 8.90. The summed E-state index contributed by atoms with van der Waals surface area (Å²) in [6.45, 7) is 0. The first-order chi connectivity index (χ1) is 16.4. The zero-order chi connectivity index (χ0) is 23.9. The molecule has 3 aromatic carbocycles. The molecular weight excluding hydrogens is 495 g/mol. The molecule has 0 amide bonds. The summed E-state index contributed by atoms with van der Waals surface area (Å²) in [6.07, 6.45) is 1.57. The summed E-state index contributed by atoms with van der Waals surface area (Å²) in [4.78, 5) is 0.193. The van der Waals surface area contributed by atoms with Crippen molar-refractivity contribution in [1.82, 2.24) is 18.7 Å². The van der Waals surface area contributed by atoms with E-state index in [1.54, 1.807) is 72.4 Å². The molecule has 0 bridgehead atoms. The van der Waals surface area contributed by atoms with Crippen LogP contribution in [0.4, 0.5) is 4.39 Å². The molecule has 6 nitrogen and oxygen atoms in total. The number of aromatic nitrogens is 4. The Morgan fingerprint density at radius 1 is 0.971 bits per heavy atom. The number of para-hydroxylation sites is 1. The van der Waals surface area contributed by atoms with Crippen LogP contribution in [0.15, 0.2) is 89.0 Å². The van der Waals surface area contributed by atoms with Gasteiger partial charge in [0.05, 0.1) is 10.4 Å².